The highest BCUT2D eigenvalue weighted by Gasteiger charge is 2.43. The molecule has 7 rings (SSSR count). The van der Waals surface area contributed by atoms with Crippen molar-refractivity contribution in [2.75, 3.05) is 123 Å². The summed E-state index contributed by atoms with van der Waals surface area (Å²) in [5, 5.41) is 75.5. The predicted octanol–water partition coefficient (Wildman–Crippen LogP) is 5.30. The van der Waals surface area contributed by atoms with Crippen molar-refractivity contribution < 1.29 is 91.8 Å². The van der Waals surface area contributed by atoms with Crippen LogP contribution in [0.2, 0.25) is 0 Å². The second-order valence-corrected chi connectivity index (χ2v) is 24.4. The van der Waals surface area contributed by atoms with Gasteiger partial charge in [0.25, 0.3) is 5.91 Å². The summed E-state index contributed by atoms with van der Waals surface area (Å²) in [5.74, 6) is -1.74. The Kier molecular flexibility index (Phi) is 31.9. The molecule has 3 heterocycles. The first kappa shape index (κ1) is 77.5. The molecule has 536 valence electrons. The molecule has 2 aliphatic heterocycles. The first-order valence-electron chi connectivity index (χ1n) is 33.5. The number of rotatable bonds is 43. The van der Waals surface area contributed by atoms with Crippen molar-refractivity contribution in [1.29, 1.82) is 0 Å². The fourth-order valence-electron chi connectivity index (χ4n) is 10.5. The monoisotopic (exact) mass is 1370 g/mol. The van der Waals surface area contributed by atoms with Crippen molar-refractivity contribution in [3.63, 3.8) is 0 Å². The third-order valence-corrected chi connectivity index (χ3v) is 15.8. The Balaban J connectivity index is 0.862. The third-order valence-electron chi connectivity index (χ3n) is 15.8. The van der Waals surface area contributed by atoms with Gasteiger partial charge in [-0.05, 0) is 125 Å². The highest BCUT2D eigenvalue weighted by Crippen LogP contribution is 2.43. The standard InChI is InChI=1S/C70H97N9O19/c1-7-71-49-20-22-52-57(41-49)97-58-42-55(72-8-2)45(3)39-54(58)60(52)53-40-47(17-21-51(53)66(86)87)64(84)75-43-50-44-79(78-77-50)56(65(85)76-48-18-15-46(16-19-48)23-27-96-68-63(83)61(81)62(82)67(88)98-68)13-9-11-24-73-59(80)14-10-12-26-90-29-31-92-33-35-94-37-38-95-36-34-93-32-30-91-28-25-74-69(89)70(4,5)6/h15-22,39-42,44,56,61-63,67-68,71,81-83,88H,7-14,23-38,43H2,1-6H3,(H,73,80)(H,74,89)(H,75,84)(H,76,85)(H,86,87)/t56?,61-,62-,63+,67-,68+/m1/s1. The van der Waals surface area contributed by atoms with E-state index in [1.54, 1.807) is 36.5 Å². The Labute approximate surface area is 570 Å². The number of benzene rings is 4. The number of aryl methyl sites for hydroxylation is 1. The van der Waals surface area contributed by atoms with Crippen molar-refractivity contribution in [2.24, 2.45) is 10.4 Å². The molecule has 4 amide bonds. The lowest BCUT2D eigenvalue weighted by Crippen LogP contribution is -2.58. The maximum Gasteiger partial charge on any atom is 0.336 e. The molecule has 3 aliphatic rings. The summed E-state index contributed by atoms with van der Waals surface area (Å²) in [6.07, 6.45) is -3.17. The van der Waals surface area contributed by atoms with Gasteiger partial charge in [-0.2, -0.15) is 0 Å². The predicted molar refractivity (Wildman–Crippen MR) is 362 cm³/mol. The first-order chi connectivity index (χ1) is 47.3. The summed E-state index contributed by atoms with van der Waals surface area (Å²) in [5.41, 5.74) is 5.01. The number of carboxylic acids is 1. The van der Waals surface area contributed by atoms with Gasteiger partial charge in [0.05, 0.1) is 103 Å². The van der Waals surface area contributed by atoms with Crippen LogP contribution in [0.5, 0.6) is 0 Å². The van der Waals surface area contributed by atoms with Gasteiger partial charge in [0, 0.05) is 90.2 Å². The number of carbonyl (C=O) groups excluding carboxylic acids is 4. The van der Waals surface area contributed by atoms with Gasteiger partial charge >= 0.3 is 5.97 Å². The van der Waals surface area contributed by atoms with E-state index in [1.165, 1.54) is 16.8 Å². The Morgan fingerprint density at radius 3 is 2.00 bits per heavy atom. The molecule has 1 fully saturated rings. The fourth-order valence-corrected chi connectivity index (χ4v) is 10.5. The molecule has 6 atom stereocenters. The Hall–Kier alpha value is -7.84. The van der Waals surface area contributed by atoms with Gasteiger partial charge in [-0.1, -0.05) is 38.1 Å². The average molecular weight is 1370 g/mol. The number of aliphatic hydroxyl groups is 4. The molecule has 0 radical (unpaired) electrons. The second kappa shape index (κ2) is 40.3. The van der Waals surface area contributed by atoms with Gasteiger partial charge in [-0.3, -0.25) is 24.2 Å². The number of unbranched alkanes of at least 4 members (excludes halogenated alkanes) is 2. The number of carboxylic acid groups (broad SMARTS) is 1. The van der Waals surface area contributed by atoms with Crippen LogP contribution in [-0.2, 0) is 65.2 Å². The molecule has 10 N–H and O–H groups in total. The first-order valence-corrected chi connectivity index (χ1v) is 33.5. The van der Waals surface area contributed by atoms with Gasteiger partial charge in [-0.25, -0.2) is 9.48 Å². The highest BCUT2D eigenvalue weighted by molar-refractivity contribution is 6.09. The van der Waals surface area contributed by atoms with Crippen LogP contribution in [-0.4, -0.2) is 213 Å². The number of hydrogen-bond acceptors (Lipinski definition) is 22. The maximum atomic E-state index is 14.2. The lowest BCUT2D eigenvalue weighted by molar-refractivity contribution is -0.339. The minimum Gasteiger partial charge on any atom is -0.478 e. The second-order valence-electron chi connectivity index (χ2n) is 24.4. The van der Waals surface area contributed by atoms with E-state index in [9.17, 15) is 49.5 Å². The van der Waals surface area contributed by atoms with Crippen LogP contribution >= 0.6 is 0 Å². The van der Waals surface area contributed by atoms with Crippen molar-refractivity contribution in [1.82, 2.24) is 30.9 Å². The van der Waals surface area contributed by atoms with Crippen molar-refractivity contribution in [3.05, 3.63) is 112 Å². The Morgan fingerprint density at radius 1 is 0.684 bits per heavy atom. The number of ether oxygens (including phenoxy) is 8. The number of anilines is 2. The number of aromatic nitrogens is 3. The number of hydrogen-bond donors (Lipinski definition) is 10. The van der Waals surface area contributed by atoms with Gasteiger partial charge in [0.15, 0.2) is 12.6 Å². The van der Waals surface area contributed by atoms with Crippen LogP contribution in [0.1, 0.15) is 117 Å². The van der Waals surface area contributed by atoms with Crippen LogP contribution in [0.25, 0.3) is 33.4 Å². The van der Waals surface area contributed by atoms with E-state index < -0.39 is 60.1 Å². The zero-order valence-corrected chi connectivity index (χ0v) is 56.9. The van der Waals surface area contributed by atoms with E-state index in [0.717, 1.165) is 22.2 Å². The SMILES string of the molecule is CCN=c1cc2oc3cc(NCC)ccc3c(-c3cc(C(=O)NCc4cn(C(CCCCNC(=O)CCCCOCCOCCOCCOCCOCCOCCNC(=O)C(C)(C)C)C(=O)Nc5ccc(CCO[C@H]6O[C@@H](O)[C@H](O)[C@@H](O)[C@@H]6O)cc5)nn4)ccc3C(=O)O)c-2cc1C. The number of amides is 4. The number of aliphatic hydroxyl groups excluding tert-OH is 4. The van der Waals surface area contributed by atoms with E-state index in [0.29, 0.717) is 195 Å². The number of fused-ring (bicyclic) bond motifs is 2. The van der Waals surface area contributed by atoms with Crippen molar-refractivity contribution in [2.45, 2.75) is 130 Å². The highest BCUT2D eigenvalue weighted by atomic mass is 16.7. The average Bonchev–Trinajstić information content (AvgIpc) is 0.827. The number of aromatic carboxylic acids is 1. The minimum atomic E-state index is -1.74. The largest absolute Gasteiger partial charge is 0.478 e. The van der Waals surface area contributed by atoms with Gasteiger partial charge in [0.2, 0.25) is 17.7 Å². The van der Waals surface area contributed by atoms with E-state index in [1.807, 2.05) is 71.9 Å². The van der Waals surface area contributed by atoms with Crippen LogP contribution < -0.4 is 31.9 Å². The minimum absolute atomic E-state index is 0.0137. The molecular formula is C70H97N9O19. The van der Waals surface area contributed by atoms with Gasteiger partial charge < -0.3 is 94.4 Å². The summed E-state index contributed by atoms with van der Waals surface area (Å²) in [4.78, 5) is 70.6. The molecule has 4 aromatic rings. The van der Waals surface area contributed by atoms with E-state index in [2.05, 4.69) is 41.9 Å². The molecule has 28 nitrogen and oxygen atoms in total. The zero-order valence-electron chi connectivity index (χ0n) is 56.9. The lowest BCUT2D eigenvalue weighted by atomic mass is 9.88. The molecule has 0 spiro atoms. The normalized spacial score (nSPS) is 16.9. The van der Waals surface area contributed by atoms with Crippen molar-refractivity contribution in [3.8, 4) is 22.5 Å². The maximum absolute atomic E-state index is 14.2. The molecule has 0 bridgehead atoms. The van der Waals surface area contributed by atoms with Gasteiger partial charge in [0.1, 0.15) is 41.4 Å². The summed E-state index contributed by atoms with van der Waals surface area (Å²) >= 11 is 0. The summed E-state index contributed by atoms with van der Waals surface area (Å²) in [6.45, 7) is 18.5. The Morgan fingerprint density at radius 2 is 1.35 bits per heavy atom. The molecular weight excluding hydrogens is 1270 g/mol. The summed E-state index contributed by atoms with van der Waals surface area (Å²) in [6, 6.07) is 19.9. The van der Waals surface area contributed by atoms with Crippen LogP contribution in [0, 0.1) is 12.3 Å². The molecule has 28 heteroatoms. The van der Waals surface area contributed by atoms with Crippen molar-refractivity contribution >= 4 is 51.9 Å². The summed E-state index contributed by atoms with van der Waals surface area (Å²) < 4.78 is 51.8. The smallest absolute Gasteiger partial charge is 0.336 e. The summed E-state index contributed by atoms with van der Waals surface area (Å²) in [7, 11) is 0. The Bertz CT molecular complexity index is 3520. The molecule has 1 aromatic heterocycles. The fraction of sp³-hybridized carbons (Fsp3) is 0.543. The molecule has 98 heavy (non-hydrogen) atoms. The third kappa shape index (κ3) is 24.3. The van der Waals surface area contributed by atoms with E-state index >= 15 is 0 Å². The molecule has 1 aliphatic carbocycles. The topological polar surface area (TPSA) is 377 Å². The van der Waals surface area contributed by atoms with Crippen LogP contribution in [0.15, 0.2) is 88.4 Å². The van der Waals surface area contributed by atoms with E-state index in [4.69, 9.17) is 42.3 Å². The number of nitrogens with one attached hydrogen (secondary N) is 5. The molecule has 3 aromatic carbocycles. The lowest BCUT2D eigenvalue weighted by Gasteiger charge is -2.37. The van der Waals surface area contributed by atoms with Crippen LogP contribution in [0.4, 0.5) is 11.4 Å². The molecule has 1 saturated heterocycles. The number of nitrogens with zero attached hydrogens (tertiary/aromatic N) is 4. The van der Waals surface area contributed by atoms with E-state index in [-0.39, 0.29) is 36.1 Å². The quantitative estimate of drug-likeness (QED) is 0.0171. The number of carbonyl (C=O) groups is 5. The molecule has 0 saturated carbocycles. The zero-order chi connectivity index (χ0) is 70.4. The van der Waals surface area contributed by atoms with Crippen LogP contribution in [0.3, 0.4) is 0 Å². The van der Waals surface area contributed by atoms with Gasteiger partial charge in [-0.15, -0.1) is 5.10 Å². The molecule has 1 unspecified atom stereocenters.